The number of nitrogens with one attached hydrogen (secondary N) is 1. The third-order valence-corrected chi connectivity index (χ3v) is 2.85. The summed E-state index contributed by atoms with van der Waals surface area (Å²) in [6.07, 6.45) is 0.0864. The van der Waals surface area contributed by atoms with Crippen molar-refractivity contribution in [2.45, 2.75) is 11.3 Å². The summed E-state index contributed by atoms with van der Waals surface area (Å²) in [7, 11) is -3.22. The minimum atomic E-state index is -4.62. The molecule has 0 aliphatic heterocycles. The summed E-state index contributed by atoms with van der Waals surface area (Å²) < 4.78 is 35.5. The molecule has 0 aliphatic rings. The van der Waals surface area contributed by atoms with Gasteiger partial charge in [0.1, 0.15) is 0 Å². The van der Waals surface area contributed by atoms with Crippen LogP contribution in [0.1, 0.15) is 5.56 Å². The molecule has 7 nitrogen and oxygen atoms in total. The first kappa shape index (κ1) is 12.7. The van der Waals surface area contributed by atoms with Gasteiger partial charge in [-0.15, -0.1) is 0 Å². The van der Waals surface area contributed by atoms with Crippen LogP contribution in [0.15, 0.2) is 15.8 Å². The number of methoxy groups -OCH3 is 1. The number of aromatic amines is 1. The first-order valence-corrected chi connectivity index (χ1v) is 5.72. The van der Waals surface area contributed by atoms with Gasteiger partial charge in [-0.2, -0.15) is 8.42 Å². The first-order chi connectivity index (χ1) is 7.36. The molecule has 0 fully saturated rings. The lowest BCUT2D eigenvalue weighted by molar-refractivity contribution is 0.201. The molecule has 0 aliphatic carbocycles. The Hall–Kier alpha value is -1.38. The Morgan fingerprint density at radius 2 is 2.12 bits per heavy atom. The second kappa shape index (κ2) is 4.64. The second-order valence-corrected chi connectivity index (χ2v) is 4.41. The molecule has 0 unspecified atom stereocenters. The third kappa shape index (κ3) is 2.81. The highest BCUT2D eigenvalue weighted by atomic mass is 32.2. The van der Waals surface area contributed by atoms with E-state index in [1.807, 2.05) is 4.98 Å². The molecule has 0 saturated heterocycles. The second-order valence-electron chi connectivity index (χ2n) is 3.06. The van der Waals surface area contributed by atoms with Crippen molar-refractivity contribution < 1.29 is 22.8 Å². The summed E-state index contributed by atoms with van der Waals surface area (Å²) in [4.78, 5) is 12.4. The lowest BCUT2D eigenvalue weighted by atomic mass is 10.2. The van der Waals surface area contributed by atoms with Crippen LogP contribution < -0.4 is 5.56 Å². The molecule has 3 N–H and O–H groups in total. The average Bonchev–Trinajstić information content (AvgIpc) is 2.10. The molecule has 0 bridgehead atoms. The van der Waals surface area contributed by atoms with Crippen molar-refractivity contribution in [3.63, 3.8) is 0 Å². The summed E-state index contributed by atoms with van der Waals surface area (Å²) in [6.45, 7) is 0.158. The zero-order chi connectivity index (χ0) is 12.3. The zero-order valence-electron chi connectivity index (χ0n) is 8.43. The number of ether oxygens (including phenoxy) is 1. The highest BCUT2D eigenvalue weighted by Crippen LogP contribution is 2.15. The molecule has 0 radical (unpaired) electrons. The van der Waals surface area contributed by atoms with Gasteiger partial charge in [0.15, 0.2) is 10.8 Å². The molecule has 90 valence electrons. The molecule has 0 amide bonds. The molecule has 0 saturated carbocycles. The van der Waals surface area contributed by atoms with Crippen LogP contribution in [0.25, 0.3) is 0 Å². The lowest BCUT2D eigenvalue weighted by Gasteiger charge is -2.06. The van der Waals surface area contributed by atoms with Crippen molar-refractivity contribution in [3.8, 4) is 5.88 Å². The summed E-state index contributed by atoms with van der Waals surface area (Å²) in [5.41, 5.74) is -1.06. The van der Waals surface area contributed by atoms with Gasteiger partial charge in [0.2, 0.25) is 0 Å². The third-order valence-electron chi connectivity index (χ3n) is 1.88. The molecule has 1 heterocycles. The maximum Gasteiger partial charge on any atom is 0.300 e. The van der Waals surface area contributed by atoms with E-state index in [0.29, 0.717) is 0 Å². The van der Waals surface area contributed by atoms with Crippen LogP contribution in [-0.4, -0.2) is 36.8 Å². The van der Waals surface area contributed by atoms with Crippen LogP contribution in [0.3, 0.4) is 0 Å². The van der Waals surface area contributed by atoms with E-state index in [2.05, 4.69) is 0 Å². The molecule has 1 aromatic rings. The van der Waals surface area contributed by atoms with E-state index < -0.39 is 26.5 Å². The van der Waals surface area contributed by atoms with Crippen LogP contribution in [0.2, 0.25) is 0 Å². The summed E-state index contributed by atoms with van der Waals surface area (Å²) >= 11 is 0. The minimum Gasteiger partial charge on any atom is -0.495 e. The van der Waals surface area contributed by atoms with Gasteiger partial charge in [-0.3, -0.25) is 14.3 Å². The number of aromatic nitrogens is 1. The molecule has 0 spiro atoms. The van der Waals surface area contributed by atoms with Crippen molar-refractivity contribution in [2.24, 2.45) is 0 Å². The van der Waals surface area contributed by atoms with Gasteiger partial charge in [0, 0.05) is 13.2 Å². The Kier molecular flexibility index (Phi) is 3.68. The Morgan fingerprint density at radius 1 is 1.50 bits per heavy atom. The van der Waals surface area contributed by atoms with E-state index in [0.717, 1.165) is 6.07 Å². The standard InChI is InChI=1S/C8H11NO6S/c1-15-3-2-5-4-6(10)9-8(11)7(5)16(12,13)14/h4H,2-3H2,1H3,(H2,9,10,11)(H,12,13,14). The molecule has 8 heteroatoms. The number of hydrogen-bond donors (Lipinski definition) is 3. The van der Waals surface area contributed by atoms with E-state index in [1.165, 1.54) is 7.11 Å². The maximum atomic E-state index is 11.3. The van der Waals surface area contributed by atoms with E-state index in [9.17, 15) is 13.2 Å². The van der Waals surface area contributed by atoms with Crippen LogP contribution in [-0.2, 0) is 21.3 Å². The van der Waals surface area contributed by atoms with Crippen LogP contribution in [0.4, 0.5) is 0 Å². The summed E-state index contributed by atoms with van der Waals surface area (Å²) in [6, 6.07) is 1.06. The topological polar surface area (TPSA) is 117 Å². The van der Waals surface area contributed by atoms with Gasteiger partial charge >= 0.3 is 0 Å². The van der Waals surface area contributed by atoms with Crippen LogP contribution in [0.5, 0.6) is 5.88 Å². The Bertz CT molecular complexity index is 532. The largest absolute Gasteiger partial charge is 0.495 e. The molecular formula is C8H11NO6S. The highest BCUT2D eigenvalue weighted by molar-refractivity contribution is 7.85. The highest BCUT2D eigenvalue weighted by Gasteiger charge is 2.20. The van der Waals surface area contributed by atoms with E-state index in [1.54, 1.807) is 0 Å². The monoisotopic (exact) mass is 249 g/mol. The predicted octanol–water partition coefficient (Wildman–Crippen LogP) is -0.484. The number of hydrogen-bond acceptors (Lipinski definition) is 5. The van der Waals surface area contributed by atoms with Gasteiger partial charge in [-0.1, -0.05) is 0 Å². The number of rotatable bonds is 4. The number of aromatic hydroxyl groups is 1. The Balaban J connectivity index is 3.39. The zero-order valence-corrected chi connectivity index (χ0v) is 9.24. The Labute approximate surface area is 91.4 Å². The van der Waals surface area contributed by atoms with Crippen LogP contribution >= 0.6 is 0 Å². The molecule has 1 aromatic heterocycles. The summed E-state index contributed by atoms with van der Waals surface area (Å²) in [5.74, 6) is -0.469. The number of pyridine rings is 1. The fourth-order valence-corrected chi connectivity index (χ4v) is 2.04. The van der Waals surface area contributed by atoms with Gasteiger partial charge < -0.3 is 9.84 Å². The van der Waals surface area contributed by atoms with Crippen molar-refractivity contribution in [1.82, 2.24) is 4.98 Å². The summed E-state index contributed by atoms with van der Waals surface area (Å²) in [5, 5.41) is 9.11. The quantitative estimate of drug-likeness (QED) is 0.620. The van der Waals surface area contributed by atoms with Crippen molar-refractivity contribution in [1.29, 1.82) is 0 Å². The van der Waals surface area contributed by atoms with Crippen molar-refractivity contribution in [2.75, 3.05) is 13.7 Å². The molecule has 1 rings (SSSR count). The normalized spacial score (nSPS) is 11.6. The van der Waals surface area contributed by atoms with Gasteiger partial charge in [0.25, 0.3) is 15.7 Å². The minimum absolute atomic E-state index is 0.00519. The SMILES string of the molecule is COCCc1cc(O)[nH]c(=O)c1S(=O)(=O)O. The molecular weight excluding hydrogens is 238 g/mol. The van der Waals surface area contributed by atoms with Gasteiger partial charge in [-0.25, -0.2) is 0 Å². The molecule has 0 aromatic carbocycles. The molecule has 0 atom stereocenters. The van der Waals surface area contributed by atoms with E-state index in [-0.39, 0.29) is 18.6 Å². The van der Waals surface area contributed by atoms with Crippen molar-refractivity contribution >= 4 is 10.1 Å². The van der Waals surface area contributed by atoms with Crippen LogP contribution in [0, 0.1) is 0 Å². The van der Waals surface area contributed by atoms with Gasteiger partial charge in [0.05, 0.1) is 6.61 Å². The number of H-pyrrole nitrogens is 1. The molecule has 16 heavy (non-hydrogen) atoms. The van der Waals surface area contributed by atoms with E-state index in [4.69, 9.17) is 14.4 Å². The van der Waals surface area contributed by atoms with Gasteiger partial charge in [-0.05, 0) is 12.0 Å². The fourth-order valence-electron chi connectivity index (χ4n) is 1.27. The van der Waals surface area contributed by atoms with Crippen molar-refractivity contribution in [3.05, 3.63) is 22.0 Å². The maximum absolute atomic E-state index is 11.3. The lowest BCUT2D eigenvalue weighted by Crippen LogP contribution is -2.20. The smallest absolute Gasteiger partial charge is 0.300 e. The Morgan fingerprint density at radius 3 is 2.62 bits per heavy atom. The predicted molar refractivity (Wildman–Crippen MR) is 54.1 cm³/mol. The van der Waals surface area contributed by atoms with E-state index >= 15 is 0 Å². The first-order valence-electron chi connectivity index (χ1n) is 4.28. The average molecular weight is 249 g/mol. The fraction of sp³-hybridized carbons (Fsp3) is 0.375.